The van der Waals surface area contributed by atoms with E-state index in [1.807, 2.05) is 0 Å². The zero-order valence-electron chi connectivity index (χ0n) is 14.5. The average Bonchev–Trinajstić information content (AvgIpc) is 2.90. The van der Waals surface area contributed by atoms with E-state index in [0.717, 1.165) is 0 Å². The number of hydrogen-bond donors (Lipinski definition) is 4. The van der Waals surface area contributed by atoms with Gasteiger partial charge in [-0.2, -0.15) is 10.2 Å². The van der Waals surface area contributed by atoms with Crippen LogP contribution in [0.15, 0.2) is 45.5 Å². The van der Waals surface area contributed by atoms with Gasteiger partial charge in [0.15, 0.2) is 11.5 Å². The van der Waals surface area contributed by atoms with Crippen molar-refractivity contribution in [2.24, 2.45) is 10.2 Å². The van der Waals surface area contributed by atoms with E-state index in [2.05, 4.69) is 35.1 Å². The minimum Gasteiger partial charge on any atom is -0.382 e. The number of benzene rings is 1. The van der Waals surface area contributed by atoms with Crippen molar-refractivity contribution in [2.75, 3.05) is 16.2 Å². The molecule has 27 heavy (non-hydrogen) atoms. The summed E-state index contributed by atoms with van der Waals surface area (Å²) in [5.74, 6) is 0.323. The molecule has 3 aromatic rings. The highest BCUT2D eigenvalue weighted by molar-refractivity contribution is 7.92. The van der Waals surface area contributed by atoms with Crippen molar-refractivity contribution in [3.8, 4) is 0 Å². The first kappa shape index (κ1) is 18.3. The number of hydrogen-bond acceptors (Lipinski definition) is 9. The fourth-order valence-electron chi connectivity index (χ4n) is 2.22. The molecule has 0 aliphatic carbocycles. The van der Waals surface area contributed by atoms with Gasteiger partial charge >= 0.3 is 0 Å². The molecule has 0 aliphatic rings. The standard InChI is InChI=1S/C15H17N9O2S/c1-8-7-9(2)19-15(18-8)24-27(25,26)11-5-3-10(4-6-11)20-21-12-13(16)22-23-14(12)17/h3-7H,1-2H3,(H,18,19,24)(H5,16,17,22,23)/b21-20+. The highest BCUT2D eigenvalue weighted by Gasteiger charge is 2.16. The van der Waals surface area contributed by atoms with Crippen LogP contribution in [0.2, 0.25) is 0 Å². The summed E-state index contributed by atoms with van der Waals surface area (Å²) < 4.78 is 27.3. The first-order valence-corrected chi connectivity index (χ1v) is 9.19. The van der Waals surface area contributed by atoms with Crippen molar-refractivity contribution < 1.29 is 8.42 Å². The number of azo groups is 1. The number of aromatic amines is 1. The molecule has 12 heteroatoms. The van der Waals surface area contributed by atoms with Crippen LogP contribution in [0.4, 0.5) is 29.0 Å². The lowest BCUT2D eigenvalue weighted by Gasteiger charge is -2.08. The van der Waals surface area contributed by atoms with Crippen LogP contribution in [-0.4, -0.2) is 28.6 Å². The van der Waals surface area contributed by atoms with Crippen LogP contribution in [0.3, 0.4) is 0 Å². The normalized spacial score (nSPS) is 11.8. The van der Waals surface area contributed by atoms with E-state index in [1.54, 1.807) is 19.9 Å². The molecule has 1 aromatic carbocycles. The van der Waals surface area contributed by atoms with E-state index in [9.17, 15) is 8.42 Å². The molecule has 0 radical (unpaired) electrons. The average molecular weight is 387 g/mol. The van der Waals surface area contributed by atoms with Gasteiger partial charge in [-0.1, -0.05) is 0 Å². The third-order valence-electron chi connectivity index (χ3n) is 3.41. The van der Waals surface area contributed by atoms with E-state index in [-0.39, 0.29) is 28.2 Å². The van der Waals surface area contributed by atoms with Crippen LogP contribution in [0.25, 0.3) is 0 Å². The van der Waals surface area contributed by atoms with Crippen molar-refractivity contribution in [1.29, 1.82) is 0 Å². The van der Waals surface area contributed by atoms with Gasteiger partial charge in [0.1, 0.15) is 5.82 Å². The molecule has 140 valence electrons. The topological polar surface area (TPSA) is 177 Å². The monoisotopic (exact) mass is 387 g/mol. The largest absolute Gasteiger partial charge is 0.382 e. The molecule has 0 saturated heterocycles. The van der Waals surface area contributed by atoms with Crippen molar-refractivity contribution in [1.82, 2.24) is 20.2 Å². The van der Waals surface area contributed by atoms with E-state index in [4.69, 9.17) is 11.5 Å². The predicted octanol–water partition coefficient (Wildman–Crippen LogP) is 2.20. The number of nitrogen functional groups attached to an aromatic ring is 2. The summed E-state index contributed by atoms with van der Waals surface area (Å²) >= 11 is 0. The Morgan fingerprint density at radius 2 is 1.67 bits per heavy atom. The first-order chi connectivity index (χ1) is 12.7. The molecule has 6 N–H and O–H groups in total. The van der Waals surface area contributed by atoms with Crippen LogP contribution in [0, 0.1) is 13.8 Å². The molecule has 0 bridgehead atoms. The van der Waals surface area contributed by atoms with E-state index in [0.29, 0.717) is 17.1 Å². The summed E-state index contributed by atoms with van der Waals surface area (Å²) in [6, 6.07) is 7.51. The van der Waals surface area contributed by atoms with Crippen molar-refractivity contribution in [3.05, 3.63) is 41.7 Å². The van der Waals surface area contributed by atoms with Gasteiger partial charge in [0.25, 0.3) is 10.0 Å². The third kappa shape index (κ3) is 4.17. The Bertz CT molecular complexity index is 1070. The summed E-state index contributed by atoms with van der Waals surface area (Å²) in [6.07, 6.45) is 0. The minimum absolute atomic E-state index is 0.0159. The quantitative estimate of drug-likeness (QED) is 0.484. The summed E-state index contributed by atoms with van der Waals surface area (Å²) in [4.78, 5) is 8.17. The lowest BCUT2D eigenvalue weighted by Crippen LogP contribution is -2.15. The third-order valence-corrected chi connectivity index (χ3v) is 4.76. The zero-order valence-corrected chi connectivity index (χ0v) is 15.3. The Balaban J connectivity index is 1.79. The van der Waals surface area contributed by atoms with E-state index >= 15 is 0 Å². The number of aromatic nitrogens is 4. The highest BCUT2D eigenvalue weighted by atomic mass is 32.2. The second-order valence-corrected chi connectivity index (χ2v) is 7.33. The number of H-pyrrole nitrogens is 1. The Kier molecular flexibility index (Phi) is 4.73. The van der Waals surface area contributed by atoms with Gasteiger partial charge < -0.3 is 11.5 Å². The smallest absolute Gasteiger partial charge is 0.264 e. The number of sulfonamides is 1. The van der Waals surface area contributed by atoms with Gasteiger partial charge in [-0.25, -0.2) is 23.1 Å². The second kappa shape index (κ2) is 6.99. The molecule has 0 atom stereocenters. The Hall–Kier alpha value is -3.54. The van der Waals surface area contributed by atoms with Crippen LogP contribution >= 0.6 is 0 Å². The number of aryl methyl sites for hydroxylation is 2. The Morgan fingerprint density at radius 3 is 2.22 bits per heavy atom. The predicted molar refractivity (Wildman–Crippen MR) is 100 cm³/mol. The summed E-state index contributed by atoms with van der Waals surface area (Å²) in [7, 11) is -3.84. The highest BCUT2D eigenvalue weighted by Crippen LogP contribution is 2.28. The number of nitrogens with two attached hydrogens (primary N) is 2. The molecule has 0 fully saturated rings. The fourth-order valence-corrected chi connectivity index (χ4v) is 3.16. The number of nitrogens with one attached hydrogen (secondary N) is 2. The van der Waals surface area contributed by atoms with Gasteiger partial charge in [0.2, 0.25) is 5.95 Å². The van der Waals surface area contributed by atoms with Gasteiger partial charge in [0.05, 0.1) is 10.6 Å². The molecule has 0 saturated carbocycles. The Morgan fingerprint density at radius 1 is 1.04 bits per heavy atom. The van der Waals surface area contributed by atoms with Crippen molar-refractivity contribution >= 4 is 39.0 Å². The molecular weight excluding hydrogens is 370 g/mol. The number of rotatable bonds is 5. The molecule has 0 spiro atoms. The summed E-state index contributed by atoms with van der Waals surface area (Å²) in [5, 5.41) is 14.1. The van der Waals surface area contributed by atoms with Crippen LogP contribution in [0.1, 0.15) is 11.4 Å². The number of anilines is 3. The minimum atomic E-state index is -3.84. The first-order valence-electron chi connectivity index (χ1n) is 7.71. The molecule has 0 unspecified atom stereocenters. The molecule has 3 rings (SSSR count). The van der Waals surface area contributed by atoms with E-state index in [1.165, 1.54) is 24.3 Å². The maximum absolute atomic E-state index is 12.5. The maximum Gasteiger partial charge on any atom is 0.264 e. The SMILES string of the molecule is Cc1cc(C)nc(NS(=O)(=O)c2ccc(/N=N/c3c(N)n[nH]c3N)cc2)n1. The molecule has 11 nitrogen and oxygen atoms in total. The number of nitrogens with zero attached hydrogens (tertiary/aromatic N) is 5. The molecule has 2 aromatic heterocycles. The lowest BCUT2D eigenvalue weighted by molar-refractivity contribution is 0.601. The van der Waals surface area contributed by atoms with Crippen molar-refractivity contribution in [3.63, 3.8) is 0 Å². The molecule has 2 heterocycles. The summed E-state index contributed by atoms with van der Waals surface area (Å²) in [5.41, 5.74) is 13.2. The van der Waals surface area contributed by atoms with Crippen molar-refractivity contribution in [2.45, 2.75) is 18.7 Å². The molecule has 0 amide bonds. The molecule has 0 aliphatic heterocycles. The second-order valence-electron chi connectivity index (χ2n) is 5.64. The van der Waals surface area contributed by atoms with Gasteiger partial charge in [0, 0.05) is 11.4 Å². The van der Waals surface area contributed by atoms with Gasteiger partial charge in [-0.05, 0) is 44.2 Å². The summed E-state index contributed by atoms with van der Waals surface area (Å²) in [6.45, 7) is 3.51. The van der Waals surface area contributed by atoms with Crippen LogP contribution in [0.5, 0.6) is 0 Å². The van der Waals surface area contributed by atoms with Gasteiger partial charge in [-0.15, -0.1) is 5.11 Å². The molecular formula is C15H17N9O2S. The Labute approximate surface area is 155 Å². The fraction of sp³-hybridized carbons (Fsp3) is 0.133. The van der Waals surface area contributed by atoms with Crippen LogP contribution < -0.4 is 16.2 Å². The van der Waals surface area contributed by atoms with Gasteiger partial charge in [-0.3, -0.25) is 5.10 Å². The maximum atomic E-state index is 12.5. The lowest BCUT2D eigenvalue weighted by atomic mass is 10.3. The van der Waals surface area contributed by atoms with E-state index < -0.39 is 10.0 Å². The zero-order chi connectivity index (χ0) is 19.6. The van der Waals surface area contributed by atoms with Crippen LogP contribution in [-0.2, 0) is 10.0 Å².